The molecule has 0 aliphatic carbocycles. The number of amides is 1. The van der Waals surface area contributed by atoms with Gasteiger partial charge in [-0.2, -0.15) is 0 Å². The zero-order valence-electron chi connectivity index (χ0n) is 12.7. The van der Waals surface area contributed by atoms with Crippen LogP contribution < -0.4 is 5.56 Å². The lowest BCUT2D eigenvalue weighted by Crippen LogP contribution is -2.38. The molecular formula is C18H20N2O2. The van der Waals surface area contributed by atoms with Gasteiger partial charge in [0.25, 0.3) is 11.5 Å². The molecule has 0 atom stereocenters. The minimum Gasteiger partial charge on any atom is -0.339 e. The summed E-state index contributed by atoms with van der Waals surface area (Å²) in [6.07, 6.45) is 3.61. The standard InChI is InChI=1S/C18H20N2O2/c1-13-7-9-20(10-8-13)18(22)15-11-16(17(21)19-12-15)14-5-3-2-4-6-14/h2-6,11-13H,7-10H2,1H3,(H,19,21). The average Bonchev–Trinajstić information content (AvgIpc) is 2.56. The number of aromatic amines is 1. The number of likely N-dealkylation sites (tertiary alicyclic amines) is 1. The van der Waals surface area contributed by atoms with Crippen molar-refractivity contribution in [1.29, 1.82) is 0 Å². The van der Waals surface area contributed by atoms with Crippen LogP contribution in [0.5, 0.6) is 0 Å². The third-order valence-electron chi connectivity index (χ3n) is 4.31. The number of hydrogen-bond donors (Lipinski definition) is 1. The second-order valence-corrected chi connectivity index (χ2v) is 5.97. The van der Waals surface area contributed by atoms with E-state index in [1.54, 1.807) is 6.07 Å². The van der Waals surface area contributed by atoms with Gasteiger partial charge in [-0.05, 0) is 30.4 Å². The van der Waals surface area contributed by atoms with Gasteiger partial charge in [0.05, 0.1) is 5.56 Å². The molecule has 0 bridgehead atoms. The maximum atomic E-state index is 12.6. The fraction of sp³-hybridized carbons (Fsp3) is 0.333. The molecule has 2 aromatic rings. The normalized spacial score (nSPS) is 15.8. The fourth-order valence-corrected chi connectivity index (χ4v) is 2.83. The lowest BCUT2D eigenvalue weighted by molar-refractivity contribution is 0.0697. The predicted octanol–water partition coefficient (Wildman–Crippen LogP) is 2.91. The van der Waals surface area contributed by atoms with Crippen LogP contribution in [0.4, 0.5) is 0 Å². The molecule has 0 saturated carbocycles. The van der Waals surface area contributed by atoms with Gasteiger partial charge in [-0.1, -0.05) is 37.3 Å². The number of aromatic nitrogens is 1. The first-order chi connectivity index (χ1) is 10.6. The van der Waals surface area contributed by atoms with E-state index in [2.05, 4.69) is 11.9 Å². The van der Waals surface area contributed by atoms with Crippen LogP contribution in [-0.2, 0) is 0 Å². The Balaban J connectivity index is 1.89. The molecule has 4 nitrogen and oxygen atoms in total. The quantitative estimate of drug-likeness (QED) is 0.926. The Kier molecular flexibility index (Phi) is 4.09. The van der Waals surface area contributed by atoms with E-state index in [4.69, 9.17) is 0 Å². The Labute approximate surface area is 129 Å². The molecule has 1 aliphatic rings. The number of pyridine rings is 1. The van der Waals surface area contributed by atoms with Gasteiger partial charge in [-0.25, -0.2) is 0 Å². The van der Waals surface area contributed by atoms with Crippen molar-refractivity contribution in [2.24, 2.45) is 5.92 Å². The topological polar surface area (TPSA) is 53.2 Å². The molecule has 22 heavy (non-hydrogen) atoms. The zero-order chi connectivity index (χ0) is 15.5. The molecule has 1 N–H and O–H groups in total. The van der Waals surface area contributed by atoms with Crippen LogP contribution in [0, 0.1) is 5.92 Å². The molecule has 4 heteroatoms. The first-order valence-corrected chi connectivity index (χ1v) is 7.72. The Bertz CT molecular complexity index is 713. The van der Waals surface area contributed by atoms with Crippen LogP contribution in [0.2, 0.25) is 0 Å². The molecule has 0 spiro atoms. The van der Waals surface area contributed by atoms with Crippen LogP contribution in [0.3, 0.4) is 0 Å². The van der Waals surface area contributed by atoms with Gasteiger partial charge in [-0.15, -0.1) is 0 Å². The molecule has 2 heterocycles. The number of carbonyl (C=O) groups is 1. The number of piperidine rings is 1. The highest BCUT2D eigenvalue weighted by Crippen LogP contribution is 2.20. The van der Waals surface area contributed by atoms with Crippen molar-refractivity contribution in [3.63, 3.8) is 0 Å². The SMILES string of the molecule is CC1CCN(C(=O)c2c[nH]c(=O)c(-c3ccccc3)c2)CC1. The molecule has 1 amide bonds. The maximum absolute atomic E-state index is 12.6. The minimum absolute atomic E-state index is 0.000307. The number of benzene rings is 1. The molecule has 3 rings (SSSR count). The highest BCUT2D eigenvalue weighted by atomic mass is 16.2. The summed E-state index contributed by atoms with van der Waals surface area (Å²) in [6.45, 7) is 3.80. The summed E-state index contributed by atoms with van der Waals surface area (Å²) < 4.78 is 0. The summed E-state index contributed by atoms with van der Waals surface area (Å²) in [5.74, 6) is 0.680. The molecule has 0 radical (unpaired) electrons. The predicted molar refractivity (Wildman–Crippen MR) is 86.8 cm³/mol. The van der Waals surface area contributed by atoms with E-state index < -0.39 is 0 Å². The van der Waals surface area contributed by atoms with Crippen LogP contribution >= 0.6 is 0 Å². The van der Waals surface area contributed by atoms with E-state index in [0.717, 1.165) is 31.5 Å². The van der Waals surface area contributed by atoms with E-state index in [-0.39, 0.29) is 11.5 Å². The van der Waals surface area contributed by atoms with Crippen LogP contribution in [0.25, 0.3) is 11.1 Å². The summed E-state index contributed by atoms with van der Waals surface area (Å²) in [5.41, 5.74) is 1.74. The Morgan fingerprint density at radius 2 is 1.86 bits per heavy atom. The molecule has 114 valence electrons. The van der Waals surface area contributed by atoms with E-state index >= 15 is 0 Å². The highest BCUT2D eigenvalue weighted by Gasteiger charge is 2.22. The van der Waals surface area contributed by atoms with Crippen LogP contribution in [-0.4, -0.2) is 28.9 Å². The number of H-pyrrole nitrogens is 1. The summed E-state index contributed by atoms with van der Waals surface area (Å²) in [6, 6.07) is 11.1. The van der Waals surface area contributed by atoms with Gasteiger partial charge in [0.1, 0.15) is 0 Å². The van der Waals surface area contributed by atoms with Gasteiger partial charge in [0.2, 0.25) is 0 Å². The van der Waals surface area contributed by atoms with Gasteiger partial charge >= 0.3 is 0 Å². The van der Waals surface area contributed by atoms with E-state index in [1.165, 1.54) is 6.20 Å². The van der Waals surface area contributed by atoms with Gasteiger partial charge in [-0.3, -0.25) is 9.59 Å². The highest BCUT2D eigenvalue weighted by molar-refractivity contribution is 5.95. The minimum atomic E-state index is -0.171. The Hall–Kier alpha value is -2.36. The molecule has 1 aromatic heterocycles. The van der Waals surface area contributed by atoms with Gasteiger partial charge in [0, 0.05) is 24.8 Å². The molecule has 0 unspecified atom stereocenters. The lowest BCUT2D eigenvalue weighted by Gasteiger charge is -2.30. The molecular weight excluding hydrogens is 276 g/mol. The summed E-state index contributed by atoms with van der Waals surface area (Å²) in [5, 5.41) is 0. The lowest BCUT2D eigenvalue weighted by atomic mass is 9.98. The number of hydrogen-bond acceptors (Lipinski definition) is 2. The van der Waals surface area contributed by atoms with Gasteiger partial charge in [0.15, 0.2) is 0 Å². The van der Waals surface area contributed by atoms with Crippen molar-refractivity contribution in [2.75, 3.05) is 13.1 Å². The molecule has 1 aromatic carbocycles. The molecule has 1 saturated heterocycles. The molecule has 1 aliphatic heterocycles. The van der Waals surface area contributed by atoms with Crippen LogP contribution in [0.15, 0.2) is 47.4 Å². The average molecular weight is 296 g/mol. The summed E-state index contributed by atoms with van der Waals surface area (Å²) >= 11 is 0. The largest absolute Gasteiger partial charge is 0.339 e. The number of nitrogens with one attached hydrogen (secondary N) is 1. The third-order valence-corrected chi connectivity index (χ3v) is 4.31. The fourth-order valence-electron chi connectivity index (χ4n) is 2.83. The first-order valence-electron chi connectivity index (χ1n) is 7.72. The van der Waals surface area contributed by atoms with Crippen molar-refractivity contribution in [3.05, 3.63) is 58.5 Å². The number of nitrogens with zero attached hydrogens (tertiary/aromatic N) is 1. The van der Waals surface area contributed by atoms with Crippen LogP contribution in [0.1, 0.15) is 30.1 Å². The van der Waals surface area contributed by atoms with E-state index in [9.17, 15) is 9.59 Å². The number of carbonyl (C=O) groups excluding carboxylic acids is 1. The second-order valence-electron chi connectivity index (χ2n) is 5.97. The van der Waals surface area contributed by atoms with Crippen molar-refractivity contribution in [3.8, 4) is 11.1 Å². The molecule has 1 fully saturated rings. The third kappa shape index (κ3) is 2.96. The summed E-state index contributed by atoms with van der Waals surface area (Å²) in [7, 11) is 0. The maximum Gasteiger partial charge on any atom is 0.255 e. The second kappa shape index (κ2) is 6.18. The summed E-state index contributed by atoms with van der Waals surface area (Å²) in [4.78, 5) is 29.2. The van der Waals surface area contributed by atoms with Crippen molar-refractivity contribution in [2.45, 2.75) is 19.8 Å². The van der Waals surface area contributed by atoms with E-state index in [1.807, 2.05) is 35.2 Å². The Morgan fingerprint density at radius 3 is 2.55 bits per heavy atom. The first kappa shape index (κ1) is 14.6. The number of rotatable bonds is 2. The van der Waals surface area contributed by atoms with Crippen molar-refractivity contribution in [1.82, 2.24) is 9.88 Å². The van der Waals surface area contributed by atoms with Gasteiger partial charge < -0.3 is 9.88 Å². The smallest absolute Gasteiger partial charge is 0.255 e. The monoisotopic (exact) mass is 296 g/mol. The zero-order valence-corrected chi connectivity index (χ0v) is 12.7. The van der Waals surface area contributed by atoms with E-state index in [0.29, 0.717) is 17.0 Å². The Morgan fingerprint density at radius 1 is 1.18 bits per heavy atom. The van der Waals surface area contributed by atoms with Crippen molar-refractivity contribution >= 4 is 5.91 Å². The van der Waals surface area contributed by atoms with Crippen molar-refractivity contribution < 1.29 is 4.79 Å².